The zero-order valence-electron chi connectivity index (χ0n) is 16.0. The third kappa shape index (κ3) is 5.48. The number of benzene rings is 2. The summed E-state index contributed by atoms with van der Waals surface area (Å²) in [7, 11) is 1.52. The topological polar surface area (TPSA) is 96.5 Å². The fourth-order valence-electron chi connectivity index (χ4n) is 3.01. The molecule has 1 aliphatic heterocycles. The van der Waals surface area contributed by atoms with Crippen molar-refractivity contribution in [3.05, 3.63) is 52.5 Å². The maximum Gasteiger partial charge on any atom is 0.252 e. The first-order chi connectivity index (χ1) is 14.0. The average molecular weight is 416 g/mol. The highest BCUT2D eigenvalue weighted by Gasteiger charge is 2.15. The van der Waals surface area contributed by atoms with Gasteiger partial charge < -0.3 is 20.7 Å². The second-order valence-electron chi connectivity index (χ2n) is 6.64. The number of halogens is 1. The summed E-state index contributed by atoms with van der Waals surface area (Å²) >= 11 is 6.01. The van der Waals surface area contributed by atoms with Gasteiger partial charge in [-0.3, -0.25) is 14.4 Å². The van der Waals surface area contributed by atoms with Gasteiger partial charge in [0.15, 0.2) is 0 Å². The molecule has 7 nitrogen and oxygen atoms in total. The molecule has 2 aromatic carbocycles. The van der Waals surface area contributed by atoms with E-state index in [1.165, 1.54) is 7.05 Å². The van der Waals surface area contributed by atoms with Gasteiger partial charge in [0.05, 0.1) is 17.2 Å². The molecule has 0 radical (unpaired) electrons. The molecule has 3 N–H and O–H groups in total. The largest absolute Gasteiger partial charge is 0.494 e. The molecule has 1 heterocycles. The Morgan fingerprint density at radius 1 is 1.17 bits per heavy atom. The van der Waals surface area contributed by atoms with Gasteiger partial charge in [0.2, 0.25) is 11.8 Å². The van der Waals surface area contributed by atoms with Crippen molar-refractivity contribution in [3.63, 3.8) is 0 Å². The number of amides is 3. The van der Waals surface area contributed by atoms with Gasteiger partial charge >= 0.3 is 0 Å². The Bertz CT molecular complexity index is 946. The molecular weight excluding hydrogens is 394 g/mol. The first-order valence-electron chi connectivity index (χ1n) is 9.33. The van der Waals surface area contributed by atoms with Crippen molar-refractivity contribution in [2.75, 3.05) is 24.3 Å². The molecule has 29 heavy (non-hydrogen) atoms. The van der Waals surface area contributed by atoms with Crippen molar-refractivity contribution in [1.29, 1.82) is 0 Å². The van der Waals surface area contributed by atoms with Gasteiger partial charge in [-0.25, -0.2) is 0 Å². The Morgan fingerprint density at radius 3 is 2.79 bits per heavy atom. The minimum Gasteiger partial charge on any atom is -0.494 e. The van der Waals surface area contributed by atoms with Crippen LogP contribution in [0.3, 0.4) is 0 Å². The Kier molecular flexibility index (Phi) is 6.72. The van der Waals surface area contributed by atoms with E-state index < -0.39 is 0 Å². The second kappa shape index (κ2) is 9.43. The van der Waals surface area contributed by atoms with Crippen LogP contribution in [0.5, 0.6) is 5.75 Å². The van der Waals surface area contributed by atoms with E-state index in [1.807, 2.05) is 12.1 Å². The van der Waals surface area contributed by atoms with Crippen LogP contribution in [0.25, 0.3) is 0 Å². The number of hydrogen-bond donors (Lipinski definition) is 3. The molecule has 0 saturated heterocycles. The smallest absolute Gasteiger partial charge is 0.252 e. The zero-order valence-corrected chi connectivity index (χ0v) is 16.8. The van der Waals surface area contributed by atoms with E-state index in [-0.39, 0.29) is 24.1 Å². The molecule has 152 valence electrons. The summed E-state index contributed by atoms with van der Waals surface area (Å²) in [6, 6.07) is 10.3. The van der Waals surface area contributed by atoms with Gasteiger partial charge in [-0.1, -0.05) is 11.6 Å². The summed E-state index contributed by atoms with van der Waals surface area (Å²) in [4.78, 5) is 35.3. The van der Waals surface area contributed by atoms with Crippen molar-refractivity contribution in [1.82, 2.24) is 5.32 Å². The maximum atomic E-state index is 12.1. The Hall–Kier alpha value is -3.06. The van der Waals surface area contributed by atoms with E-state index in [2.05, 4.69) is 16.0 Å². The minimum absolute atomic E-state index is 0.0281. The standard InChI is InChI=1S/C21H22ClN3O4/c1-23-21(28)16-12-14(5-7-17(16)22)24-19(26)3-2-10-29-15-6-8-18-13(11-15)4-9-20(27)25-18/h5-8,11-12H,2-4,9-10H2,1H3,(H,23,28)(H,24,26)(H,25,27). The predicted molar refractivity (Wildman–Crippen MR) is 112 cm³/mol. The first kappa shape index (κ1) is 20.7. The number of anilines is 2. The second-order valence-corrected chi connectivity index (χ2v) is 7.05. The molecule has 0 aromatic heterocycles. The fraction of sp³-hybridized carbons (Fsp3) is 0.286. The lowest BCUT2D eigenvalue weighted by Crippen LogP contribution is -2.19. The zero-order chi connectivity index (χ0) is 20.8. The molecular formula is C21H22ClN3O4. The summed E-state index contributed by atoms with van der Waals surface area (Å²) in [6.45, 7) is 0.392. The van der Waals surface area contributed by atoms with Gasteiger partial charge in [0, 0.05) is 31.3 Å². The number of aryl methyl sites for hydroxylation is 1. The van der Waals surface area contributed by atoms with Crippen molar-refractivity contribution in [2.45, 2.75) is 25.7 Å². The normalized spacial score (nSPS) is 12.6. The summed E-state index contributed by atoms with van der Waals surface area (Å²) < 4.78 is 5.72. The molecule has 8 heteroatoms. The van der Waals surface area contributed by atoms with Crippen LogP contribution in [0.1, 0.15) is 35.2 Å². The van der Waals surface area contributed by atoms with E-state index in [0.29, 0.717) is 47.9 Å². The van der Waals surface area contributed by atoms with Gasteiger partial charge in [0.1, 0.15) is 5.75 Å². The third-order valence-corrected chi connectivity index (χ3v) is 4.84. The first-order valence-corrected chi connectivity index (χ1v) is 9.71. The summed E-state index contributed by atoms with van der Waals surface area (Å²) in [5.74, 6) is 0.254. The highest BCUT2D eigenvalue weighted by Crippen LogP contribution is 2.27. The molecule has 0 bridgehead atoms. The van der Waals surface area contributed by atoms with Crippen LogP contribution in [0.4, 0.5) is 11.4 Å². The lowest BCUT2D eigenvalue weighted by molar-refractivity contribution is -0.117. The van der Waals surface area contributed by atoms with Gasteiger partial charge in [0.25, 0.3) is 5.91 Å². The summed E-state index contributed by atoms with van der Waals surface area (Å²) in [6.07, 6.45) is 1.98. The number of carbonyl (C=O) groups is 3. The van der Waals surface area contributed by atoms with E-state index in [4.69, 9.17) is 16.3 Å². The monoisotopic (exact) mass is 415 g/mol. The SMILES string of the molecule is CNC(=O)c1cc(NC(=O)CCCOc2ccc3c(c2)CCC(=O)N3)ccc1Cl. The van der Waals surface area contributed by atoms with Gasteiger partial charge in [-0.15, -0.1) is 0 Å². The Labute approximate surface area is 173 Å². The van der Waals surface area contributed by atoms with E-state index in [9.17, 15) is 14.4 Å². The van der Waals surface area contributed by atoms with E-state index in [0.717, 1.165) is 11.3 Å². The molecule has 2 aromatic rings. The van der Waals surface area contributed by atoms with Crippen LogP contribution in [-0.4, -0.2) is 31.4 Å². The van der Waals surface area contributed by atoms with Gasteiger partial charge in [-0.05, 0) is 54.8 Å². The lowest BCUT2D eigenvalue weighted by atomic mass is 10.0. The number of ether oxygens (including phenoxy) is 1. The molecule has 0 spiro atoms. The number of carbonyl (C=O) groups excluding carboxylic acids is 3. The van der Waals surface area contributed by atoms with Crippen molar-refractivity contribution < 1.29 is 19.1 Å². The molecule has 0 atom stereocenters. The van der Waals surface area contributed by atoms with Crippen LogP contribution < -0.4 is 20.7 Å². The molecule has 0 fully saturated rings. The fourth-order valence-corrected chi connectivity index (χ4v) is 3.21. The van der Waals surface area contributed by atoms with Crippen molar-refractivity contribution in [3.8, 4) is 5.75 Å². The maximum absolute atomic E-state index is 12.1. The van der Waals surface area contributed by atoms with Crippen LogP contribution in [0.2, 0.25) is 5.02 Å². The molecule has 3 rings (SSSR count). The van der Waals surface area contributed by atoms with Crippen molar-refractivity contribution >= 4 is 40.7 Å². The number of nitrogens with one attached hydrogen (secondary N) is 3. The number of hydrogen-bond acceptors (Lipinski definition) is 4. The van der Waals surface area contributed by atoms with E-state index >= 15 is 0 Å². The molecule has 0 saturated carbocycles. The van der Waals surface area contributed by atoms with Gasteiger partial charge in [-0.2, -0.15) is 0 Å². The van der Waals surface area contributed by atoms with Crippen LogP contribution in [0, 0.1) is 0 Å². The average Bonchev–Trinajstić information content (AvgIpc) is 2.72. The lowest BCUT2D eigenvalue weighted by Gasteiger charge is -2.17. The molecule has 1 aliphatic rings. The molecule has 3 amide bonds. The highest BCUT2D eigenvalue weighted by molar-refractivity contribution is 6.34. The van der Waals surface area contributed by atoms with E-state index in [1.54, 1.807) is 24.3 Å². The third-order valence-electron chi connectivity index (χ3n) is 4.51. The number of rotatable bonds is 7. The van der Waals surface area contributed by atoms with Crippen LogP contribution in [-0.2, 0) is 16.0 Å². The molecule has 0 unspecified atom stereocenters. The van der Waals surface area contributed by atoms with Crippen LogP contribution >= 0.6 is 11.6 Å². The summed E-state index contributed by atoms with van der Waals surface area (Å²) in [5, 5.41) is 8.42. The quantitative estimate of drug-likeness (QED) is 0.604. The molecule has 0 aliphatic carbocycles. The van der Waals surface area contributed by atoms with Crippen LogP contribution in [0.15, 0.2) is 36.4 Å². The Balaban J connectivity index is 1.46. The summed E-state index contributed by atoms with van der Waals surface area (Å²) in [5.41, 5.74) is 2.69. The Morgan fingerprint density at radius 2 is 2.00 bits per heavy atom. The number of fused-ring (bicyclic) bond motifs is 1. The highest BCUT2D eigenvalue weighted by atomic mass is 35.5. The predicted octanol–water partition coefficient (Wildman–Crippen LogP) is 3.38. The van der Waals surface area contributed by atoms with Crippen molar-refractivity contribution in [2.24, 2.45) is 0 Å². The minimum atomic E-state index is -0.316.